The molecule has 1 unspecified atom stereocenters. The fourth-order valence-corrected chi connectivity index (χ4v) is 3.16. The lowest BCUT2D eigenvalue weighted by Crippen LogP contribution is -2.32. The van der Waals surface area contributed by atoms with Crippen LogP contribution in [0, 0.1) is 0 Å². The molecule has 6 nitrogen and oxygen atoms in total. The number of nitrogens with one attached hydrogen (secondary N) is 2. The Labute approximate surface area is 163 Å². The van der Waals surface area contributed by atoms with E-state index in [1.807, 2.05) is 44.4 Å². The molecule has 0 fully saturated rings. The molecule has 0 bridgehead atoms. The van der Waals surface area contributed by atoms with E-state index in [9.17, 15) is 9.59 Å². The van der Waals surface area contributed by atoms with Gasteiger partial charge in [0.15, 0.2) is 11.5 Å². The highest BCUT2D eigenvalue weighted by atomic mass is 32.1. The highest BCUT2D eigenvalue weighted by Crippen LogP contribution is 2.30. The summed E-state index contributed by atoms with van der Waals surface area (Å²) in [6.45, 7) is 7.13. The zero-order chi connectivity index (χ0) is 19.6. The summed E-state index contributed by atoms with van der Waals surface area (Å²) in [6.07, 6.45) is 0.218. The van der Waals surface area contributed by atoms with Crippen LogP contribution < -0.4 is 20.1 Å². The van der Waals surface area contributed by atoms with Crippen molar-refractivity contribution in [1.29, 1.82) is 0 Å². The fraction of sp³-hybridized carbons (Fsp3) is 0.400. The summed E-state index contributed by atoms with van der Waals surface area (Å²) in [5, 5.41) is 9.31. The monoisotopic (exact) mass is 390 g/mol. The number of benzene rings is 1. The molecule has 2 N–H and O–H groups in total. The lowest BCUT2D eigenvalue weighted by atomic mass is 10.1. The molecule has 0 saturated carbocycles. The number of ether oxygens (including phenoxy) is 2. The second-order valence-electron chi connectivity index (χ2n) is 5.88. The maximum Gasteiger partial charge on any atom is 0.252 e. The van der Waals surface area contributed by atoms with Gasteiger partial charge in [0.1, 0.15) is 0 Å². The Bertz CT molecular complexity index is 746. The van der Waals surface area contributed by atoms with E-state index in [1.54, 1.807) is 11.4 Å². The first-order chi connectivity index (χ1) is 13.0. The molecule has 1 aromatic carbocycles. The van der Waals surface area contributed by atoms with E-state index in [0.29, 0.717) is 36.8 Å². The van der Waals surface area contributed by atoms with Crippen molar-refractivity contribution in [2.75, 3.05) is 19.8 Å². The zero-order valence-corrected chi connectivity index (χ0v) is 16.7. The third kappa shape index (κ3) is 6.29. The molecule has 0 radical (unpaired) electrons. The van der Waals surface area contributed by atoms with Crippen LogP contribution in [0.1, 0.15) is 49.2 Å². The fourth-order valence-electron chi connectivity index (χ4n) is 2.52. The maximum atomic E-state index is 12.2. The van der Waals surface area contributed by atoms with Crippen molar-refractivity contribution in [2.24, 2.45) is 0 Å². The SMILES string of the molecule is CCOc1ccc(C(C)NC(=O)CCNC(=O)c2ccsc2)cc1OCC. The van der Waals surface area contributed by atoms with Crippen LogP contribution >= 0.6 is 11.3 Å². The van der Waals surface area contributed by atoms with Crippen LogP contribution in [0.15, 0.2) is 35.0 Å². The number of hydrogen-bond acceptors (Lipinski definition) is 5. The van der Waals surface area contributed by atoms with E-state index in [4.69, 9.17) is 9.47 Å². The van der Waals surface area contributed by atoms with Gasteiger partial charge in [-0.3, -0.25) is 9.59 Å². The third-order valence-corrected chi connectivity index (χ3v) is 4.55. The zero-order valence-electron chi connectivity index (χ0n) is 15.9. The van der Waals surface area contributed by atoms with Gasteiger partial charge in [0.25, 0.3) is 5.91 Å². The van der Waals surface area contributed by atoms with E-state index >= 15 is 0 Å². The van der Waals surface area contributed by atoms with Crippen LogP contribution in [0.2, 0.25) is 0 Å². The summed E-state index contributed by atoms with van der Waals surface area (Å²) in [6, 6.07) is 7.23. The van der Waals surface area contributed by atoms with Gasteiger partial charge in [-0.25, -0.2) is 0 Å². The molecule has 1 atom stereocenters. The topological polar surface area (TPSA) is 76.7 Å². The van der Waals surface area contributed by atoms with Gasteiger partial charge in [-0.15, -0.1) is 0 Å². The summed E-state index contributed by atoms with van der Waals surface area (Å²) < 4.78 is 11.2. The Hall–Kier alpha value is -2.54. The first-order valence-corrected chi connectivity index (χ1v) is 9.98. The highest BCUT2D eigenvalue weighted by Gasteiger charge is 2.14. The Kier molecular flexibility index (Phi) is 8.13. The number of thiophene rings is 1. The number of carbonyl (C=O) groups excluding carboxylic acids is 2. The van der Waals surface area contributed by atoms with Gasteiger partial charge in [-0.05, 0) is 49.9 Å². The largest absolute Gasteiger partial charge is 0.490 e. The van der Waals surface area contributed by atoms with Gasteiger partial charge in [0.2, 0.25) is 5.91 Å². The van der Waals surface area contributed by atoms with Crippen LogP contribution in [0.25, 0.3) is 0 Å². The molecule has 0 aliphatic heterocycles. The first-order valence-electron chi connectivity index (χ1n) is 9.04. The Balaban J connectivity index is 1.86. The summed E-state index contributed by atoms with van der Waals surface area (Å²) in [5.74, 6) is 1.07. The molecular formula is C20H26N2O4S. The number of hydrogen-bond donors (Lipinski definition) is 2. The minimum absolute atomic E-state index is 0.125. The van der Waals surface area contributed by atoms with E-state index in [1.165, 1.54) is 11.3 Å². The lowest BCUT2D eigenvalue weighted by Gasteiger charge is -2.17. The second kappa shape index (κ2) is 10.6. The summed E-state index contributed by atoms with van der Waals surface area (Å²) in [4.78, 5) is 24.0. The summed E-state index contributed by atoms with van der Waals surface area (Å²) in [7, 11) is 0. The Morgan fingerprint density at radius 3 is 2.52 bits per heavy atom. The average Bonchev–Trinajstić information content (AvgIpc) is 3.18. The van der Waals surface area contributed by atoms with E-state index < -0.39 is 0 Å². The molecule has 2 rings (SSSR count). The van der Waals surface area contributed by atoms with Crippen molar-refractivity contribution in [1.82, 2.24) is 10.6 Å². The van der Waals surface area contributed by atoms with Crippen molar-refractivity contribution in [3.8, 4) is 11.5 Å². The van der Waals surface area contributed by atoms with E-state index in [-0.39, 0.29) is 24.3 Å². The van der Waals surface area contributed by atoms with Crippen molar-refractivity contribution in [3.05, 3.63) is 46.2 Å². The van der Waals surface area contributed by atoms with Crippen LogP contribution in [0.4, 0.5) is 0 Å². The molecule has 0 aliphatic carbocycles. The quantitative estimate of drug-likeness (QED) is 0.651. The molecule has 2 amide bonds. The molecule has 2 aromatic rings. The van der Waals surface area contributed by atoms with Crippen LogP contribution in [-0.2, 0) is 4.79 Å². The average molecular weight is 391 g/mol. The summed E-state index contributed by atoms with van der Waals surface area (Å²) >= 11 is 1.46. The first kappa shape index (κ1) is 20.8. The highest BCUT2D eigenvalue weighted by molar-refractivity contribution is 7.08. The molecule has 1 aromatic heterocycles. The van der Waals surface area contributed by atoms with Crippen LogP contribution in [0.3, 0.4) is 0 Å². The van der Waals surface area contributed by atoms with Crippen molar-refractivity contribution in [2.45, 2.75) is 33.2 Å². The molecule has 146 valence electrons. The molecule has 7 heteroatoms. The number of carbonyl (C=O) groups is 2. The van der Waals surface area contributed by atoms with Gasteiger partial charge < -0.3 is 20.1 Å². The molecule has 0 aliphatic rings. The predicted molar refractivity (Wildman–Crippen MR) is 107 cm³/mol. The smallest absolute Gasteiger partial charge is 0.252 e. The van der Waals surface area contributed by atoms with Crippen molar-refractivity contribution < 1.29 is 19.1 Å². The predicted octanol–water partition coefficient (Wildman–Crippen LogP) is 3.54. The molecular weight excluding hydrogens is 364 g/mol. The standard InChI is InChI=1S/C20H26N2O4S/c1-4-25-17-7-6-15(12-18(17)26-5-2)14(3)22-19(23)8-10-21-20(24)16-9-11-27-13-16/h6-7,9,11-14H,4-5,8,10H2,1-3H3,(H,21,24)(H,22,23). The van der Waals surface area contributed by atoms with Gasteiger partial charge in [-0.2, -0.15) is 11.3 Å². The van der Waals surface area contributed by atoms with Crippen LogP contribution in [-0.4, -0.2) is 31.6 Å². The van der Waals surface area contributed by atoms with Gasteiger partial charge in [0, 0.05) is 23.9 Å². The molecule has 1 heterocycles. The van der Waals surface area contributed by atoms with E-state index in [0.717, 1.165) is 5.56 Å². The van der Waals surface area contributed by atoms with Crippen molar-refractivity contribution >= 4 is 23.2 Å². The third-order valence-electron chi connectivity index (χ3n) is 3.87. The second-order valence-corrected chi connectivity index (χ2v) is 6.66. The van der Waals surface area contributed by atoms with Gasteiger partial charge in [0.05, 0.1) is 19.3 Å². The Morgan fingerprint density at radius 2 is 1.85 bits per heavy atom. The minimum atomic E-state index is -0.181. The number of amides is 2. The molecule has 27 heavy (non-hydrogen) atoms. The number of rotatable bonds is 10. The molecule has 0 saturated heterocycles. The van der Waals surface area contributed by atoms with Crippen LogP contribution in [0.5, 0.6) is 11.5 Å². The van der Waals surface area contributed by atoms with E-state index in [2.05, 4.69) is 10.6 Å². The lowest BCUT2D eigenvalue weighted by molar-refractivity contribution is -0.121. The van der Waals surface area contributed by atoms with Gasteiger partial charge >= 0.3 is 0 Å². The maximum absolute atomic E-state index is 12.2. The van der Waals surface area contributed by atoms with Gasteiger partial charge in [-0.1, -0.05) is 6.07 Å². The summed E-state index contributed by atoms with van der Waals surface area (Å²) in [5.41, 5.74) is 1.55. The Morgan fingerprint density at radius 1 is 1.11 bits per heavy atom. The normalized spacial score (nSPS) is 11.5. The minimum Gasteiger partial charge on any atom is -0.490 e. The molecule has 0 spiro atoms. The van der Waals surface area contributed by atoms with Crippen molar-refractivity contribution in [3.63, 3.8) is 0 Å².